The Balaban J connectivity index is 1.40. The van der Waals surface area contributed by atoms with Crippen LogP contribution in [0, 0.1) is 11.3 Å². The average Bonchev–Trinajstić information content (AvgIpc) is 3.25. The van der Waals surface area contributed by atoms with Crippen molar-refractivity contribution < 1.29 is 4.74 Å². The molecule has 0 radical (unpaired) electrons. The Labute approximate surface area is 132 Å². The fourth-order valence-electron chi connectivity index (χ4n) is 3.10. The van der Waals surface area contributed by atoms with Crippen LogP contribution in [0.15, 0.2) is 12.4 Å². The molecule has 1 fully saturated rings. The van der Waals surface area contributed by atoms with Gasteiger partial charge in [0.1, 0.15) is 11.1 Å². The quantitative estimate of drug-likeness (QED) is 0.863. The number of nitrogens with zero attached hydrogens (tertiary/aromatic N) is 5. The predicted octanol–water partition coefficient (Wildman–Crippen LogP) is 1.73. The zero-order valence-corrected chi connectivity index (χ0v) is 13.1. The van der Waals surface area contributed by atoms with Gasteiger partial charge in [-0.25, -0.2) is 4.98 Å². The zero-order chi connectivity index (χ0) is 14.9. The summed E-state index contributed by atoms with van der Waals surface area (Å²) in [6.45, 7) is 4.43. The van der Waals surface area contributed by atoms with Crippen molar-refractivity contribution in [2.24, 2.45) is 0 Å². The maximum atomic E-state index is 8.89. The van der Waals surface area contributed by atoms with Gasteiger partial charge in [-0.05, 0) is 6.42 Å². The minimum Gasteiger partial charge on any atom is -0.375 e. The molecule has 1 saturated heterocycles. The Morgan fingerprint density at radius 2 is 2.45 bits per heavy atom. The number of ether oxygens (including phenoxy) is 1. The first-order valence-electron chi connectivity index (χ1n) is 7.53. The summed E-state index contributed by atoms with van der Waals surface area (Å²) in [6.07, 6.45) is 5.49. The number of rotatable bonds is 3. The number of aromatic nitrogens is 3. The number of thiazole rings is 1. The van der Waals surface area contributed by atoms with Crippen molar-refractivity contribution in [2.75, 3.05) is 19.7 Å². The molecule has 0 bridgehead atoms. The van der Waals surface area contributed by atoms with Crippen molar-refractivity contribution >= 4 is 11.3 Å². The highest BCUT2D eigenvalue weighted by Crippen LogP contribution is 2.27. The first-order chi connectivity index (χ1) is 10.8. The minimum atomic E-state index is 0.361. The highest BCUT2D eigenvalue weighted by molar-refractivity contribution is 7.11. The van der Waals surface area contributed by atoms with Crippen molar-refractivity contribution in [3.8, 4) is 6.07 Å². The molecule has 1 atom stereocenters. The molecule has 2 aliphatic heterocycles. The SMILES string of the molecule is N#Cc1cnn(C2CCN(Cc3nc4c(s3)COCC4)C2)c1. The molecule has 0 saturated carbocycles. The molecule has 0 N–H and O–H groups in total. The van der Waals surface area contributed by atoms with Gasteiger partial charge in [-0.1, -0.05) is 0 Å². The summed E-state index contributed by atoms with van der Waals surface area (Å²) in [5.41, 5.74) is 1.86. The molecule has 2 aromatic rings. The van der Waals surface area contributed by atoms with Crippen LogP contribution in [0.3, 0.4) is 0 Å². The van der Waals surface area contributed by atoms with Gasteiger partial charge in [-0.15, -0.1) is 11.3 Å². The first-order valence-corrected chi connectivity index (χ1v) is 8.35. The molecule has 0 aromatic carbocycles. The summed E-state index contributed by atoms with van der Waals surface area (Å²) in [4.78, 5) is 8.48. The van der Waals surface area contributed by atoms with Gasteiger partial charge in [-0.2, -0.15) is 10.4 Å². The van der Waals surface area contributed by atoms with Crippen LogP contribution in [-0.4, -0.2) is 39.4 Å². The van der Waals surface area contributed by atoms with Crippen molar-refractivity contribution in [1.29, 1.82) is 5.26 Å². The molecule has 2 aromatic heterocycles. The van der Waals surface area contributed by atoms with Gasteiger partial charge in [0.15, 0.2) is 0 Å². The van der Waals surface area contributed by atoms with Crippen LogP contribution in [-0.2, 0) is 24.3 Å². The molecule has 0 aliphatic carbocycles. The van der Waals surface area contributed by atoms with E-state index in [1.807, 2.05) is 10.9 Å². The Morgan fingerprint density at radius 1 is 1.50 bits per heavy atom. The monoisotopic (exact) mass is 315 g/mol. The van der Waals surface area contributed by atoms with Gasteiger partial charge in [0.25, 0.3) is 0 Å². The zero-order valence-electron chi connectivity index (χ0n) is 12.2. The van der Waals surface area contributed by atoms with Gasteiger partial charge in [0.05, 0.1) is 48.1 Å². The van der Waals surface area contributed by atoms with E-state index in [9.17, 15) is 0 Å². The van der Waals surface area contributed by atoms with E-state index in [-0.39, 0.29) is 0 Å². The number of likely N-dealkylation sites (tertiary alicyclic amines) is 1. The fraction of sp³-hybridized carbons (Fsp3) is 0.533. The van der Waals surface area contributed by atoms with E-state index >= 15 is 0 Å². The van der Waals surface area contributed by atoms with Crippen LogP contribution in [0.5, 0.6) is 0 Å². The summed E-state index contributed by atoms with van der Waals surface area (Å²) >= 11 is 1.78. The third-order valence-electron chi connectivity index (χ3n) is 4.25. The van der Waals surface area contributed by atoms with E-state index < -0.39 is 0 Å². The summed E-state index contributed by atoms with van der Waals surface area (Å²) in [5, 5.41) is 14.4. The average molecular weight is 315 g/mol. The summed E-state index contributed by atoms with van der Waals surface area (Å²) in [7, 11) is 0. The van der Waals surface area contributed by atoms with Crippen LogP contribution in [0.1, 0.15) is 33.6 Å². The third kappa shape index (κ3) is 2.65. The number of hydrogen-bond acceptors (Lipinski definition) is 6. The van der Waals surface area contributed by atoms with Crippen LogP contribution in [0.25, 0.3) is 0 Å². The molecule has 0 spiro atoms. The van der Waals surface area contributed by atoms with Gasteiger partial charge in [0, 0.05) is 25.7 Å². The Bertz CT molecular complexity index is 692. The predicted molar refractivity (Wildman–Crippen MR) is 81.3 cm³/mol. The number of fused-ring (bicyclic) bond motifs is 1. The smallest absolute Gasteiger partial charge is 0.107 e. The molecule has 1 unspecified atom stereocenters. The summed E-state index contributed by atoms with van der Waals surface area (Å²) < 4.78 is 7.42. The van der Waals surface area contributed by atoms with Gasteiger partial charge in [0.2, 0.25) is 0 Å². The highest BCUT2D eigenvalue weighted by Gasteiger charge is 2.26. The normalized spacial score (nSPS) is 21.7. The minimum absolute atomic E-state index is 0.361. The lowest BCUT2D eigenvalue weighted by atomic mass is 10.2. The number of nitriles is 1. The second-order valence-corrected chi connectivity index (χ2v) is 6.95. The molecule has 6 nitrogen and oxygen atoms in total. The molecular weight excluding hydrogens is 298 g/mol. The standard InChI is InChI=1S/C15H17N5OS/c16-5-11-6-17-20(7-11)12-1-3-19(8-12)9-15-18-13-2-4-21-10-14(13)22-15/h6-7,12H,1-4,8-10H2. The molecule has 22 heavy (non-hydrogen) atoms. The van der Waals surface area contributed by atoms with Gasteiger partial charge < -0.3 is 4.74 Å². The molecule has 4 heterocycles. The highest BCUT2D eigenvalue weighted by atomic mass is 32.1. The molecule has 2 aliphatic rings. The van der Waals surface area contributed by atoms with E-state index in [2.05, 4.69) is 16.1 Å². The van der Waals surface area contributed by atoms with E-state index in [1.165, 1.54) is 15.6 Å². The van der Waals surface area contributed by atoms with E-state index in [0.29, 0.717) is 11.6 Å². The van der Waals surface area contributed by atoms with Crippen LogP contribution < -0.4 is 0 Å². The fourth-order valence-corrected chi connectivity index (χ4v) is 4.20. The van der Waals surface area contributed by atoms with E-state index in [4.69, 9.17) is 15.0 Å². The van der Waals surface area contributed by atoms with Crippen molar-refractivity contribution in [2.45, 2.75) is 32.0 Å². The lowest BCUT2D eigenvalue weighted by Crippen LogP contribution is -2.21. The Morgan fingerprint density at radius 3 is 3.27 bits per heavy atom. The molecule has 0 amide bonds. The van der Waals surface area contributed by atoms with E-state index in [0.717, 1.165) is 45.7 Å². The molecule has 114 valence electrons. The molecular formula is C15H17N5OS. The van der Waals surface area contributed by atoms with Gasteiger partial charge in [-0.3, -0.25) is 9.58 Å². The largest absolute Gasteiger partial charge is 0.375 e. The topological polar surface area (TPSA) is 67.0 Å². The van der Waals surface area contributed by atoms with Crippen molar-refractivity contribution in [3.63, 3.8) is 0 Å². The Hall–Kier alpha value is -1.75. The summed E-state index contributed by atoms with van der Waals surface area (Å²) in [5.74, 6) is 0. The maximum Gasteiger partial charge on any atom is 0.107 e. The maximum absolute atomic E-state index is 8.89. The third-order valence-corrected chi connectivity index (χ3v) is 5.31. The molecule has 4 rings (SSSR count). The summed E-state index contributed by atoms with van der Waals surface area (Å²) in [6, 6.07) is 2.49. The van der Waals surface area contributed by atoms with E-state index in [1.54, 1.807) is 17.5 Å². The van der Waals surface area contributed by atoms with Crippen LogP contribution in [0.2, 0.25) is 0 Å². The van der Waals surface area contributed by atoms with Crippen molar-refractivity contribution in [1.82, 2.24) is 19.7 Å². The van der Waals surface area contributed by atoms with Crippen LogP contribution in [0.4, 0.5) is 0 Å². The lowest BCUT2D eigenvalue weighted by molar-refractivity contribution is 0.112. The second-order valence-electron chi connectivity index (χ2n) is 5.78. The van der Waals surface area contributed by atoms with Crippen LogP contribution >= 0.6 is 11.3 Å². The van der Waals surface area contributed by atoms with Gasteiger partial charge >= 0.3 is 0 Å². The Kier molecular flexibility index (Phi) is 3.66. The number of hydrogen-bond donors (Lipinski definition) is 0. The second kappa shape index (κ2) is 5.80. The lowest BCUT2D eigenvalue weighted by Gasteiger charge is -2.14. The molecule has 7 heteroatoms. The van der Waals surface area contributed by atoms with Crippen molar-refractivity contribution in [3.05, 3.63) is 33.5 Å². The first kappa shape index (κ1) is 13.9.